The first-order valence-electron chi connectivity index (χ1n) is 8.48. The van der Waals surface area contributed by atoms with Gasteiger partial charge in [0.1, 0.15) is 6.10 Å². The van der Waals surface area contributed by atoms with Crippen LogP contribution in [-0.4, -0.2) is 28.8 Å². The maximum atomic E-state index is 12.3. The zero-order valence-corrected chi connectivity index (χ0v) is 14.2. The van der Waals surface area contributed by atoms with Crippen molar-refractivity contribution in [2.45, 2.75) is 12.1 Å². The van der Waals surface area contributed by atoms with Gasteiger partial charge in [-0.05, 0) is 34.0 Å². The lowest BCUT2D eigenvalue weighted by Crippen LogP contribution is -2.37. The van der Waals surface area contributed by atoms with E-state index < -0.39 is 18.8 Å². The van der Waals surface area contributed by atoms with Crippen LogP contribution in [0.25, 0.3) is 16.8 Å². The Morgan fingerprint density at radius 1 is 0.962 bits per heavy atom. The Bertz CT molecular complexity index is 905. The molecule has 0 unspecified atom stereocenters. The quantitative estimate of drug-likeness (QED) is 0.600. The van der Waals surface area contributed by atoms with E-state index in [2.05, 4.69) is 5.32 Å². The molecule has 0 aliphatic rings. The van der Waals surface area contributed by atoms with Crippen molar-refractivity contribution >= 4 is 22.8 Å². The first kappa shape index (κ1) is 17.9. The minimum Gasteiger partial charge on any atom is -0.394 e. The fourth-order valence-corrected chi connectivity index (χ4v) is 2.85. The van der Waals surface area contributed by atoms with Crippen molar-refractivity contribution in [3.63, 3.8) is 0 Å². The van der Waals surface area contributed by atoms with E-state index in [1.165, 1.54) is 6.08 Å². The van der Waals surface area contributed by atoms with Crippen LogP contribution in [0.15, 0.2) is 78.9 Å². The molecule has 0 saturated carbocycles. The molecule has 2 atom stereocenters. The van der Waals surface area contributed by atoms with Gasteiger partial charge in [-0.15, -0.1) is 0 Å². The molecule has 0 aliphatic carbocycles. The molecule has 26 heavy (non-hydrogen) atoms. The van der Waals surface area contributed by atoms with Gasteiger partial charge in [0.25, 0.3) is 0 Å². The van der Waals surface area contributed by atoms with Crippen molar-refractivity contribution in [2.24, 2.45) is 0 Å². The molecule has 0 bridgehead atoms. The minimum absolute atomic E-state index is 0.334. The predicted molar refractivity (Wildman–Crippen MR) is 103 cm³/mol. The van der Waals surface area contributed by atoms with Crippen LogP contribution in [0.1, 0.15) is 17.2 Å². The number of aliphatic hydroxyl groups excluding tert-OH is 2. The lowest BCUT2D eigenvalue weighted by molar-refractivity contribution is -0.118. The van der Waals surface area contributed by atoms with Crippen LogP contribution >= 0.6 is 0 Å². The van der Waals surface area contributed by atoms with Crippen molar-refractivity contribution in [1.82, 2.24) is 5.32 Å². The molecule has 1 amide bonds. The van der Waals surface area contributed by atoms with Crippen molar-refractivity contribution in [3.05, 3.63) is 90.0 Å². The molecule has 3 N–H and O–H groups in total. The average molecular weight is 347 g/mol. The first-order valence-corrected chi connectivity index (χ1v) is 8.48. The van der Waals surface area contributed by atoms with Gasteiger partial charge in [0, 0.05) is 6.08 Å². The molecule has 132 valence electrons. The molecule has 0 saturated heterocycles. The number of fused-ring (bicyclic) bond motifs is 1. The monoisotopic (exact) mass is 347 g/mol. The number of carbonyl (C=O) groups is 1. The third kappa shape index (κ3) is 4.36. The van der Waals surface area contributed by atoms with E-state index in [-0.39, 0.29) is 5.91 Å². The van der Waals surface area contributed by atoms with Crippen LogP contribution in [0.3, 0.4) is 0 Å². The fraction of sp³-hybridized carbons (Fsp3) is 0.136. The van der Waals surface area contributed by atoms with E-state index in [0.29, 0.717) is 0 Å². The van der Waals surface area contributed by atoms with Gasteiger partial charge in [0.15, 0.2) is 0 Å². The molecular formula is C22H21NO3. The molecule has 3 aromatic rings. The molecule has 0 aliphatic heterocycles. The number of amides is 1. The topological polar surface area (TPSA) is 69.6 Å². The summed E-state index contributed by atoms with van der Waals surface area (Å²) < 4.78 is 0. The molecule has 0 heterocycles. The van der Waals surface area contributed by atoms with Crippen LogP contribution in [-0.2, 0) is 4.79 Å². The lowest BCUT2D eigenvalue weighted by atomic mass is 9.98. The zero-order chi connectivity index (χ0) is 18.4. The number of hydrogen-bond acceptors (Lipinski definition) is 3. The molecule has 0 radical (unpaired) electrons. The van der Waals surface area contributed by atoms with E-state index in [0.717, 1.165) is 21.9 Å². The Balaban J connectivity index is 1.81. The number of hydrogen-bond donors (Lipinski definition) is 3. The van der Waals surface area contributed by atoms with Crippen molar-refractivity contribution < 1.29 is 15.0 Å². The zero-order valence-electron chi connectivity index (χ0n) is 14.2. The number of rotatable bonds is 6. The molecule has 0 fully saturated rings. The number of nitrogens with one attached hydrogen (secondary N) is 1. The van der Waals surface area contributed by atoms with E-state index >= 15 is 0 Å². The molecule has 0 aromatic heterocycles. The highest BCUT2D eigenvalue weighted by atomic mass is 16.3. The first-order chi connectivity index (χ1) is 12.7. The van der Waals surface area contributed by atoms with E-state index in [1.807, 2.05) is 72.8 Å². The molecule has 3 rings (SSSR count). The smallest absolute Gasteiger partial charge is 0.244 e. The number of benzene rings is 3. The molecule has 0 spiro atoms. The summed E-state index contributed by atoms with van der Waals surface area (Å²) in [5.41, 5.74) is 1.65. The second-order valence-electron chi connectivity index (χ2n) is 6.09. The van der Waals surface area contributed by atoms with Gasteiger partial charge in [-0.25, -0.2) is 0 Å². The third-order valence-electron chi connectivity index (χ3n) is 4.23. The summed E-state index contributed by atoms with van der Waals surface area (Å²) in [6.07, 6.45) is 2.04. The van der Waals surface area contributed by atoms with Gasteiger partial charge in [0.2, 0.25) is 5.91 Å². The second kappa shape index (κ2) is 8.43. The summed E-state index contributed by atoms with van der Waals surface area (Å²) >= 11 is 0. The average Bonchev–Trinajstić information content (AvgIpc) is 2.70. The van der Waals surface area contributed by atoms with Gasteiger partial charge in [-0.1, -0.05) is 66.7 Å². The summed E-state index contributed by atoms with van der Waals surface area (Å²) in [6, 6.07) is 22.4. The van der Waals surface area contributed by atoms with Crippen LogP contribution in [0.2, 0.25) is 0 Å². The highest BCUT2D eigenvalue weighted by molar-refractivity contribution is 5.92. The Morgan fingerprint density at radius 3 is 2.38 bits per heavy atom. The number of aliphatic hydroxyl groups is 2. The Labute approximate surface area is 152 Å². The van der Waals surface area contributed by atoms with Gasteiger partial charge in [0.05, 0.1) is 12.6 Å². The van der Waals surface area contributed by atoms with Gasteiger partial charge < -0.3 is 15.5 Å². The molecule has 3 aromatic carbocycles. The summed E-state index contributed by atoms with van der Waals surface area (Å²) in [5.74, 6) is -0.334. The fourth-order valence-electron chi connectivity index (χ4n) is 2.85. The highest BCUT2D eigenvalue weighted by Crippen LogP contribution is 2.23. The van der Waals surface area contributed by atoms with Crippen LogP contribution in [0.5, 0.6) is 0 Å². The summed E-state index contributed by atoms with van der Waals surface area (Å²) in [7, 11) is 0. The number of carbonyl (C=O) groups excluding carboxylic acids is 1. The van der Waals surface area contributed by atoms with Gasteiger partial charge >= 0.3 is 0 Å². The predicted octanol–water partition coefficient (Wildman–Crippen LogP) is 3.06. The molecular weight excluding hydrogens is 326 g/mol. The Kier molecular flexibility index (Phi) is 5.79. The van der Waals surface area contributed by atoms with Crippen LogP contribution < -0.4 is 5.32 Å². The van der Waals surface area contributed by atoms with Crippen LogP contribution in [0.4, 0.5) is 0 Å². The van der Waals surface area contributed by atoms with E-state index in [4.69, 9.17) is 0 Å². The Morgan fingerprint density at radius 2 is 1.65 bits per heavy atom. The minimum atomic E-state index is -1.09. The summed E-state index contributed by atoms with van der Waals surface area (Å²) in [5, 5.41) is 24.4. The van der Waals surface area contributed by atoms with Crippen molar-refractivity contribution in [1.29, 1.82) is 0 Å². The van der Waals surface area contributed by atoms with E-state index in [1.54, 1.807) is 6.08 Å². The maximum Gasteiger partial charge on any atom is 0.244 e. The van der Waals surface area contributed by atoms with Crippen LogP contribution in [0, 0.1) is 0 Å². The normalized spacial score (nSPS) is 13.6. The summed E-state index contributed by atoms with van der Waals surface area (Å²) in [6.45, 7) is -0.444. The van der Waals surface area contributed by atoms with E-state index in [9.17, 15) is 15.0 Å². The lowest BCUT2D eigenvalue weighted by Gasteiger charge is -2.23. The summed E-state index contributed by atoms with van der Waals surface area (Å²) in [4.78, 5) is 12.3. The molecule has 4 nitrogen and oxygen atoms in total. The van der Waals surface area contributed by atoms with Crippen molar-refractivity contribution in [2.75, 3.05) is 6.61 Å². The van der Waals surface area contributed by atoms with Gasteiger partial charge in [-0.2, -0.15) is 0 Å². The van der Waals surface area contributed by atoms with Crippen molar-refractivity contribution in [3.8, 4) is 0 Å². The third-order valence-corrected chi connectivity index (χ3v) is 4.23. The molecule has 4 heteroatoms. The largest absolute Gasteiger partial charge is 0.394 e. The Hall–Kier alpha value is -2.95. The highest BCUT2D eigenvalue weighted by Gasteiger charge is 2.22. The SMILES string of the molecule is O=C(C=Cc1ccccc1)N[C@H](c1ccc2ccccc2c1)[C@H](O)CO. The maximum absolute atomic E-state index is 12.3. The second-order valence-corrected chi connectivity index (χ2v) is 6.09. The standard InChI is InChI=1S/C22H21NO3/c24-15-20(25)22(19-12-11-17-8-4-5-9-18(17)14-19)23-21(26)13-10-16-6-2-1-3-7-16/h1-14,20,22,24-25H,15H2,(H,23,26)/t20-,22-/m1/s1. The van der Waals surface area contributed by atoms with Gasteiger partial charge in [-0.3, -0.25) is 4.79 Å².